The molecule has 0 spiro atoms. The number of hydrogen-bond donors (Lipinski definition) is 1. The third-order valence-electron chi connectivity index (χ3n) is 3.43. The van der Waals surface area contributed by atoms with Gasteiger partial charge in [-0.05, 0) is 43.7 Å². The highest BCUT2D eigenvalue weighted by molar-refractivity contribution is 7.98. The second-order valence-corrected chi connectivity index (χ2v) is 5.46. The maximum absolute atomic E-state index is 5.70. The van der Waals surface area contributed by atoms with E-state index in [1.54, 1.807) is 0 Å². The normalized spacial score (nSPS) is 20.5. The molecule has 0 aromatic heterocycles. The summed E-state index contributed by atoms with van der Waals surface area (Å²) in [6, 6.07) is 9.07. The summed E-state index contributed by atoms with van der Waals surface area (Å²) in [4.78, 5) is 0. The van der Waals surface area contributed by atoms with Gasteiger partial charge in [-0.2, -0.15) is 11.8 Å². The van der Waals surface area contributed by atoms with Crippen LogP contribution in [0, 0.1) is 0 Å². The third kappa shape index (κ3) is 3.17. The van der Waals surface area contributed by atoms with Crippen molar-refractivity contribution >= 4 is 11.8 Å². The molecule has 1 aromatic carbocycles. The Kier molecular flexibility index (Phi) is 4.75. The van der Waals surface area contributed by atoms with Gasteiger partial charge in [0.05, 0.1) is 6.61 Å². The van der Waals surface area contributed by atoms with E-state index >= 15 is 0 Å². The van der Waals surface area contributed by atoms with Crippen molar-refractivity contribution in [3.63, 3.8) is 0 Å². The summed E-state index contributed by atoms with van der Waals surface area (Å²) in [5, 5.41) is 3.42. The quantitative estimate of drug-likeness (QED) is 0.869. The van der Waals surface area contributed by atoms with Crippen LogP contribution >= 0.6 is 11.8 Å². The molecule has 1 aliphatic heterocycles. The van der Waals surface area contributed by atoms with Gasteiger partial charge in [-0.25, -0.2) is 0 Å². The first-order chi connectivity index (χ1) is 8.35. The summed E-state index contributed by atoms with van der Waals surface area (Å²) in [5.41, 5.74) is 1.39. The van der Waals surface area contributed by atoms with E-state index in [0.717, 1.165) is 18.8 Å². The lowest BCUT2D eigenvalue weighted by molar-refractivity contribution is 0.258. The van der Waals surface area contributed by atoms with Crippen molar-refractivity contribution in [2.75, 3.05) is 25.7 Å². The number of para-hydroxylation sites is 1. The van der Waals surface area contributed by atoms with Crippen LogP contribution in [0.1, 0.15) is 24.3 Å². The largest absolute Gasteiger partial charge is 0.493 e. The van der Waals surface area contributed by atoms with Crippen LogP contribution in [0.3, 0.4) is 0 Å². The van der Waals surface area contributed by atoms with Gasteiger partial charge in [0.1, 0.15) is 5.75 Å². The van der Waals surface area contributed by atoms with E-state index in [9.17, 15) is 0 Å². The zero-order valence-electron chi connectivity index (χ0n) is 10.6. The van der Waals surface area contributed by atoms with Crippen molar-refractivity contribution in [1.29, 1.82) is 0 Å². The summed E-state index contributed by atoms with van der Waals surface area (Å²) in [6.45, 7) is 0.859. The van der Waals surface area contributed by atoms with Crippen molar-refractivity contribution in [3.8, 4) is 5.75 Å². The van der Waals surface area contributed by atoms with E-state index < -0.39 is 0 Å². The Morgan fingerprint density at radius 2 is 2.29 bits per heavy atom. The zero-order valence-corrected chi connectivity index (χ0v) is 11.4. The van der Waals surface area contributed by atoms with Gasteiger partial charge in [0.15, 0.2) is 0 Å². The Morgan fingerprint density at radius 3 is 3.06 bits per heavy atom. The molecule has 1 aromatic rings. The minimum atomic E-state index is 0.598. The first-order valence-electron chi connectivity index (χ1n) is 6.23. The Bertz CT molecular complexity index is 356. The second-order valence-electron chi connectivity index (χ2n) is 4.55. The smallest absolute Gasteiger partial charge is 0.122 e. The molecule has 2 rings (SSSR count). The van der Waals surface area contributed by atoms with Gasteiger partial charge in [-0.3, -0.25) is 0 Å². The highest BCUT2D eigenvalue weighted by Gasteiger charge is 2.23. The first kappa shape index (κ1) is 12.8. The van der Waals surface area contributed by atoms with Gasteiger partial charge in [0, 0.05) is 11.8 Å². The molecule has 1 aliphatic rings. The predicted octanol–water partition coefficient (Wildman–Crippen LogP) is 2.89. The van der Waals surface area contributed by atoms with Crippen LogP contribution in [-0.2, 0) is 0 Å². The molecule has 1 heterocycles. The Labute approximate surface area is 108 Å². The number of thioether (sulfide) groups is 1. The minimum absolute atomic E-state index is 0.598. The number of benzene rings is 1. The maximum Gasteiger partial charge on any atom is 0.122 e. The van der Waals surface area contributed by atoms with Crippen molar-refractivity contribution in [2.24, 2.45) is 0 Å². The SMILES string of the molecule is CNC(CSC)CC1CCOc2ccccc21. The highest BCUT2D eigenvalue weighted by atomic mass is 32.2. The fourth-order valence-electron chi connectivity index (χ4n) is 2.47. The number of nitrogens with one attached hydrogen (secondary N) is 1. The lowest BCUT2D eigenvalue weighted by Crippen LogP contribution is -2.31. The van der Waals surface area contributed by atoms with Crippen molar-refractivity contribution in [3.05, 3.63) is 29.8 Å². The number of rotatable bonds is 5. The molecule has 0 bridgehead atoms. The highest BCUT2D eigenvalue weighted by Crippen LogP contribution is 2.36. The predicted molar refractivity (Wildman–Crippen MR) is 75.1 cm³/mol. The van der Waals surface area contributed by atoms with E-state index in [1.165, 1.54) is 17.7 Å². The first-order valence-corrected chi connectivity index (χ1v) is 7.62. The lowest BCUT2D eigenvalue weighted by Gasteiger charge is -2.28. The fourth-order valence-corrected chi connectivity index (χ4v) is 3.18. The molecule has 0 saturated heterocycles. The Hall–Kier alpha value is -0.670. The number of hydrogen-bond acceptors (Lipinski definition) is 3. The molecule has 1 N–H and O–H groups in total. The molecule has 17 heavy (non-hydrogen) atoms. The van der Waals surface area contributed by atoms with Gasteiger partial charge in [-0.1, -0.05) is 18.2 Å². The van der Waals surface area contributed by atoms with Crippen LogP contribution < -0.4 is 10.1 Å². The average molecular weight is 251 g/mol. The molecule has 3 heteroatoms. The molecule has 0 aliphatic carbocycles. The number of fused-ring (bicyclic) bond motifs is 1. The monoisotopic (exact) mass is 251 g/mol. The summed E-state index contributed by atoms with van der Waals surface area (Å²) in [7, 11) is 2.06. The fraction of sp³-hybridized carbons (Fsp3) is 0.571. The van der Waals surface area contributed by atoms with Gasteiger partial charge in [-0.15, -0.1) is 0 Å². The Morgan fingerprint density at radius 1 is 1.47 bits per heavy atom. The summed E-state index contributed by atoms with van der Waals surface area (Å²) >= 11 is 1.91. The molecule has 0 radical (unpaired) electrons. The van der Waals surface area contributed by atoms with Crippen molar-refractivity contribution in [2.45, 2.75) is 24.8 Å². The zero-order chi connectivity index (χ0) is 12.1. The molecule has 0 amide bonds. The summed E-state index contributed by atoms with van der Waals surface area (Å²) in [6.07, 6.45) is 4.52. The molecular weight excluding hydrogens is 230 g/mol. The van der Waals surface area contributed by atoms with Gasteiger partial charge in [0.25, 0.3) is 0 Å². The molecular formula is C14H21NOS. The summed E-state index contributed by atoms with van der Waals surface area (Å²) in [5.74, 6) is 2.91. The molecule has 94 valence electrons. The third-order valence-corrected chi connectivity index (χ3v) is 4.16. The van der Waals surface area contributed by atoms with Crippen LogP contribution in [-0.4, -0.2) is 31.7 Å². The van der Waals surface area contributed by atoms with E-state index in [2.05, 4.69) is 42.9 Å². The van der Waals surface area contributed by atoms with E-state index in [-0.39, 0.29) is 0 Å². The molecule has 2 unspecified atom stereocenters. The van der Waals surface area contributed by atoms with Crippen LogP contribution in [0.4, 0.5) is 0 Å². The van der Waals surface area contributed by atoms with Crippen molar-refractivity contribution in [1.82, 2.24) is 5.32 Å². The lowest BCUT2D eigenvalue weighted by atomic mass is 9.88. The van der Waals surface area contributed by atoms with Crippen LogP contribution in [0.5, 0.6) is 5.75 Å². The van der Waals surface area contributed by atoms with Crippen LogP contribution in [0.15, 0.2) is 24.3 Å². The van der Waals surface area contributed by atoms with Crippen LogP contribution in [0.25, 0.3) is 0 Å². The average Bonchev–Trinajstić information content (AvgIpc) is 2.38. The van der Waals surface area contributed by atoms with Crippen LogP contribution in [0.2, 0.25) is 0 Å². The minimum Gasteiger partial charge on any atom is -0.493 e. The molecule has 0 saturated carbocycles. The molecule has 0 fully saturated rings. The molecule has 2 nitrogen and oxygen atoms in total. The van der Waals surface area contributed by atoms with Gasteiger partial charge in [0.2, 0.25) is 0 Å². The van der Waals surface area contributed by atoms with E-state index in [1.807, 2.05) is 11.8 Å². The Balaban J connectivity index is 2.07. The number of ether oxygens (including phenoxy) is 1. The molecule has 2 atom stereocenters. The maximum atomic E-state index is 5.70. The standard InChI is InChI=1S/C14H21NOS/c1-15-12(10-17-2)9-11-7-8-16-14-6-4-3-5-13(11)14/h3-6,11-12,15H,7-10H2,1-2H3. The van der Waals surface area contributed by atoms with Crippen molar-refractivity contribution < 1.29 is 4.74 Å². The van der Waals surface area contributed by atoms with Gasteiger partial charge >= 0.3 is 0 Å². The van der Waals surface area contributed by atoms with E-state index in [4.69, 9.17) is 4.74 Å². The van der Waals surface area contributed by atoms with E-state index in [0.29, 0.717) is 12.0 Å². The second kappa shape index (κ2) is 6.31. The topological polar surface area (TPSA) is 21.3 Å². The summed E-state index contributed by atoms with van der Waals surface area (Å²) < 4.78 is 5.70. The van der Waals surface area contributed by atoms with Gasteiger partial charge < -0.3 is 10.1 Å².